The maximum Gasteiger partial charge on any atom is 0.261 e. The van der Waals surface area contributed by atoms with Crippen molar-refractivity contribution in [1.29, 1.82) is 5.26 Å². The Morgan fingerprint density at radius 2 is 2.11 bits per heavy atom. The van der Waals surface area contributed by atoms with Crippen molar-refractivity contribution >= 4 is 33.2 Å². The fraction of sp³-hybridized carbons (Fsp3) is 0.143. The number of thiophene rings is 1. The first-order valence-corrected chi connectivity index (χ1v) is 7.24. The minimum Gasteiger partial charge on any atom is -0.347 e. The van der Waals surface area contributed by atoms with Gasteiger partial charge in [0.05, 0.1) is 20.3 Å². The highest BCUT2D eigenvalue weighted by atomic mass is 79.9. The van der Waals surface area contributed by atoms with Gasteiger partial charge >= 0.3 is 0 Å². The minimum atomic E-state index is -0.0804. The first-order chi connectivity index (χ1) is 9.10. The van der Waals surface area contributed by atoms with Crippen LogP contribution in [0, 0.1) is 18.3 Å². The second-order valence-electron chi connectivity index (χ2n) is 4.06. The van der Waals surface area contributed by atoms with Crippen molar-refractivity contribution in [3.05, 3.63) is 55.7 Å². The highest BCUT2D eigenvalue weighted by Crippen LogP contribution is 2.27. The van der Waals surface area contributed by atoms with Gasteiger partial charge in [0, 0.05) is 6.54 Å². The van der Waals surface area contributed by atoms with E-state index in [1.165, 1.54) is 11.3 Å². The lowest BCUT2D eigenvalue weighted by Gasteiger charge is -2.03. The van der Waals surface area contributed by atoms with Gasteiger partial charge in [0.2, 0.25) is 0 Å². The Morgan fingerprint density at radius 3 is 2.63 bits per heavy atom. The summed E-state index contributed by atoms with van der Waals surface area (Å²) < 4.78 is 0.982. The van der Waals surface area contributed by atoms with Gasteiger partial charge in [-0.3, -0.25) is 4.79 Å². The van der Waals surface area contributed by atoms with Gasteiger partial charge in [-0.15, -0.1) is 11.3 Å². The Kier molecular flexibility index (Phi) is 4.35. The molecule has 1 aromatic heterocycles. The predicted octanol–water partition coefficient (Wildman–Crippen LogP) is 3.62. The van der Waals surface area contributed by atoms with Crippen LogP contribution in [0.15, 0.2) is 34.1 Å². The van der Waals surface area contributed by atoms with Gasteiger partial charge in [-0.2, -0.15) is 5.26 Å². The van der Waals surface area contributed by atoms with Crippen LogP contribution in [0.25, 0.3) is 0 Å². The fourth-order valence-corrected chi connectivity index (χ4v) is 2.99. The highest BCUT2D eigenvalue weighted by molar-refractivity contribution is 9.11. The van der Waals surface area contributed by atoms with Crippen LogP contribution in [0.5, 0.6) is 0 Å². The van der Waals surface area contributed by atoms with Crippen LogP contribution in [-0.4, -0.2) is 5.91 Å². The molecule has 0 spiro atoms. The number of nitrogens with zero attached hydrogens (tertiary/aromatic N) is 1. The monoisotopic (exact) mass is 334 g/mol. The van der Waals surface area contributed by atoms with Crippen LogP contribution in [0.4, 0.5) is 0 Å². The maximum absolute atomic E-state index is 11.9. The third kappa shape index (κ3) is 3.43. The van der Waals surface area contributed by atoms with Crippen molar-refractivity contribution in [2.24, 2.45) is 0 Å². The lowest BCUT2D eigenvalue weighted by molar-refractivity contribution is 0.0955. The molecule has 19 heavy (non-hydrogen) atoms. The predicted molar refractivity (Wildman–Crippen MR) is 79.1 cm³/mol. The average Bonchev–Trinajstić information content (AvgIpc) is 2.77. The lowest BCUT2D eigenvalue weighted by Crippen LogP contribution is -2.21. The molecule has 1 aromatic carbocycles. The molecule has 96 valence electrons. The van der Waals surface area contributed by atoms with Crippen molar-refractivity contribution < 1.29 is 4.79 Å². The Balaban J connectivity index is 1.98. The van der Waals surface area contributed by atoms with E-state index in [0.29, 0.717) is 17.0 Å². The van der Waals surface area contributed by atoms with E-state index in [1.807, 2.05) is 25.1 Å². The second-order valence-corrected chi connectivity index (χ2v) is 6.43. The van der Waals surface area contributed by atoms with Gasteiger partial charge in [-0.25, -0.2) is 0 Å². The largest absolute Gasteiger partial charge is 0.347 e. The van der Waals surface area contributed by atoms with Gasteiger partial charge in [0.1, 0.15) is 0 Å². The molecular weight excluding hydrogens is 324 g/mol. The van der Waals surface area contributed by atoms with Gasteiger partial charge in [0.15, 0.2) is 0 Å². The molecule has 0 saturated carbocycles. The molecule has 1 amide bonds. The highest BCUT2D eigenvalue weighted by Gasteiger charge is 2.10. The number of nitriles is 1. The molecule has 0 unspecified atom stereocenters. The average molecular weight is 335 g/mol. The smallest absolute Gasteiger partial charge is 0.261 e. The number of carbonyl (C=O) groups is 1. The zero-order chi connectivity index (χ0) is 13.8. The SMILES string of the molecule is Cc1cc(C(=O)NCc2ccc(C#N)cc2)sc1Br. The van der Waals surface area contributed by atoms with Crippen molar-refractivity contribution in [1.82, 2.24) is 5.32 Å². The molecule has 0 aliphatic rings. The third-order valence-electron chi connectivity index (χ3n) is 2.62. The summed E-state index contributed by atoms with van der Waals surface area (Å²) in [6, 6.07) is 11.1. The van der Waals surface area contributed by atoms with Crippen LogP contribution < -0.4 is 5.32 Å². The fourth-order valence-electron chi connectivity index (χ4n) is 1.54. The standard InChI is InChI=1S/C14H11BrN2OS/c1-9-6-12(19-13(9)15)14(18)17-8-11-4-2-10(7-16)3-5-11/h2-6H,8H2,1H3,(H,17,18). The maximum atomic E-state index is 11.9. The van der Waals surface area contributed by atoms with Gasteiger partial charge < -0.3 is 5.32 Å². The van der Waals surface area contributed by atoms with Crippen molar-refractivity contribution in [3.8, 4) is 6.07 Å². The summed E-state index contributed by atoms with van der Waals surface area (Å²) in [4.78, 5) is 12.6. The molecule has 3 nitrogen and oxygen atoms in total. The van der Waals surface area contributed by atoms with Crippen LogP contribution >= 0.6 is 27.3 Å². The van der Waals surface area contributed by atoms with Crippen LogP contribution in [0.3, 0.4) is 0 Å². The molecule has 0 aliphatic carbocycles. The van der Waals surface area contributed by atoms with Crippen molar-refractivity contribution in [2.75, 3.05) is 0 Å². The van der Waals surface area contributed by atoms with E-state index < -0.39 is 0 Å². The normalized spacial score (nSPS) is 9.95. The Bertz CT molecular complexity index is 621. The molecule has 1 N–H and O–H groups in total. The number of benzene rings is 1. The number of hydrogen-bond donors (Lipinski definition) is 1. The van der Waals surface area contributed by atoms with Crippen molar-refractivity contribution in [2.45, 2.75) is 13.5 Å². The Hall–Kier alpha value is -1.64. The molecule has 0 aliphatic heterocycles. The Morgan fingerprint density at radius 1 is 1.42 bits per heavy atom. The molecule has 0 saturated heterocycles. The lowest BCUT2D eigenvalue weighted by atomic mass is 10.1. The molecule has 2 aromatic rings. The number of carbonyl (C=O) groups excluding carboxylic acids is 1. The van der Waals surface area contributed by atoms with Gasteiger partial charge in [0.25, 0.3) is 5.91 Å². The zero-order valence-corrected chi connectivity index (χ0v) is 12.6. The quantitative estimate of drug-likeness (QED) is 0.931. The molecule has 1 heterocycles. The Labute approximate surface area is 124 Å². The molecule has 0 radical (unpaired) electrons. The van der Waals surface area contributed by atoms with Crippen LogP contribution in [0.2, 0.25) is 0 Å². The molecule has 5 heteroatoms. The summed E-state index contributed by atoms with van der Waals surface area (Å²) >= 11 is 4.83. The number of nitrogens with one attached hydrogen (secondary N) is 1. The number of aryl methyl sites for hydroxylation is 1. The first-order valence-electron chi connectivity index (χ1n) is 5.63. The van der Waals surface area contributed by atoms with E-state index >= 15 is 0 Å². The van der Waals surface area contributed by atoms with E-state index in [1.54, 1.807) is 12.1 Å². The first kappa shape index (κ1) is 13.8. The number of rotatable bonds is 3. The van der Waals surface area contributed by atoms with E-state index in [0.717, 1.165) is 14.9 Å². The number of amides is 1. The summed E-state index contributed by atoms with van der Waals surface area (Å²) in [5.41, 5.74) is 2.65. The minimum absolute atomic E-state index is 0.0804. The van der Waals surface area contributed by atoms with Crippen LogP contribution in [0.1, 0.15) is 26.4 Å². The number of hydrogen-bond acceptors (Lipinski definition) is 3. The van der Waals surface area contributed by atoms with Gasteiger partial charge in [-0.1, -0.05) is 12.1 Å². The molecule has 2 rings (SSSR count). The summed E-state index contributed by atoms with van der Waals surface area (Å²) in [6.07, 6.45) is 0. The zero-order valence-electron chi connectivity index (χ0n) is 10.2. The number of halogens is 1. The molecule has 0 bridgehead atoms. The van der Waals surface area contributed by atoms with Crippen LogP contribution in [-0.2, 0) is 6.54 Å². The molecule has 0 fully saturated rings. The van der Waals surface area contributed by atoms with E-state index in [9.17, 15) is 4.79 Å². The summed E-state index contributed by atoms with van der Waals surface area (Å²) in [5, 5.41) is 11.6. The van der Waals surface area contributed by atoms with E-state index in [-0.39, 0.29) is 5.91 Å². The third-order valence-corrected chi connectivity index (χ3v) is 4.75. The summed E-state index contributed by atoms with van der Waals surface area (Å²) in [5.74, 6) is -0.0804. The van der Waals surface area contributed by atoms with Gasteiger partial charge in [-0.05, 0) is 52.2 Å². The molecule has 0 atom stereocenters. The summed E-state index contributed by atoms with van der Waals surface area (Å²) in [6.45, 7) is 2.41. The second kappa shape index (κ2) is 6.00. The van der Waals surface area contributed by atoms with E-state index in [4.69, 9.17) is 5.26 Å². The topological polar surface area (TPSA) is 52.9 Å². The van der Waals surface area contributed by atoms with E-state index in [2.05, 4.69) is 27.3 Å². The summed E-state index contributed by atoms with van der Waals surface area (Å²) in [7, 11) is 0. The molecular formula is C14H11BrN2OS. The van der Waals surface area contributed by atoms with Crippen molar-refractivity contribution in [3.63, 3.8) is 0 Å².